The Kier molecular flexibility index (Phi) is 4.70. The summed E-state index contributed by atoms with van der Waals surface area (Å²) >= 11 is 0. The molecule has 1 unspecified atom stereocenters. The molecule has 0 bridgehead atoms. The third-order valence-corrected chi connectivity index (χ3v) is 6.16. The molecule has 1 saturated heterocycles. The molecular weight excluding hydrogens is 318 g/mol. The van der Waals surface area contributed by atoms with E-state index in [-0.39, 0.29) is 11.0 Å². The normalized spacial score (nSPS) is 22.2. The zero-order valence-electron chi connectivity index (χ0n) is 13.1. The lowest BCUT2D eigenvalue weighted by atomic mass is 10.2. The fraction of sp³-hybridized carbons (Fsp3) is 0.562. The van der Waals surface area contributed by atoms with E-state index in [0.29, 0.717) is 24.6 Å². The molecule has 1 saturated carbocycles. The standard InChI is InChI=1S/C16H21NO5S/c1-21-16(18)13-4-6-15(7-5-13)23(19,20)17-9-8-14(10-17)22-11-12-2-3-12/h4-7,12,14H,2-3,8-11H2,1H3. The lowest BCUT2D eigenvalue weighted by molar-refractivity contribution is 0.0561. The van der Waals surface area contributed by atoms with Crippen LogP contribution in [0.15, 0.2) is 29.2 Å². The molecule has 0 radical (unpaired) electrons. The van der Waals surface area contributed by atoms with Crippen molar-refractivity contribution in [3.05, 3.63) is 29.8 Å². The molecule has 1 aromatic carbocycles. The molecule has 0 spiro atoms. The van der Waals surface area contributed by atoms with Crippen molar-refractivity contribution in [3.63, 3.8) is 0 Å². The van der Waals surface area contributed by atoms with Gasteiger partial charge in [0.25, 0.3) is 0 Å². The van der Waals surface area contributed by atoms with Crippen LogP contribution in [0.25, 0.3) is 0 Å². The van der Waals surface area contributed by atoms with Gasteiger partial charge in [-0.3, -0.25) is 0 Å². The third kappa shape index (κ3) is 3.73. The molecule has 2 fully saturated rings. The summed E-state index contributed by atoms with van der Waals surface area (Å²) in [5.74, 6) is 0.190. The molecule has 1 aliphatic heterocycles. The van der Waals surface area contributed by atoms with Gasteiger partial charge < -0.3 is 9.47 Å². The van der Waals surface area contributed by atoms with Gasteiger partial charge in [0.2, 0.25) is 10.0 Å². The topological polar surface area (TPSA) is 72.9 Å². The maximum absolute atomic E-state index is 12.6. The second-order valence-corrected chi connectivity index (χ2v) is 8.00. The van der Waals surface area contributed by atoms with Gasteiger partial charge in [-0.05, 0) is 49.4 Å². The monoisotopic (exact) mass is 339 g/mol. The molecule has 2 aliphatic rings. The zero-order chi connectivity index (χ0) is 16.4. The van der Waals surface area contributed by atoms with E-state index in [2.05, 4.69) is 4.74 Å². The van der Waals surface area contributed by atoms with Crippen molar-refractivity contribution >= 4 is 16.0 Å². The average Bonchev–Trinajstić information content (AvgIpc) is 3.27. The van der Waals surface area contributed by atoms with Gasteiger partial charge in [0.05, 0.1) is 23.7 Å². The Morgan fingerprint density at radius 2 is 1.91 bits per heavy atom. The van der Waals surface area contributed by atoms with Gasteiger partial charge in [-0.25, -0.2) is 13.2 Å². The lowest BCUT2D eigenvalue weighted by Crippen LogP contribution is -2.30. The Balaban J connectivity index is 1.65. The van der Waals surface area contributed by atoms with Crippen LogP contribution in [0, 0.1) is 5.92 Å². The van der Waals surface area contributed by atoms with Crippen LogP contribution in [0.5, 0.6) is 0 Å². The van der Waals surface area contributed by atoms with Crippen LogP contribution >= 0.6 is 0 Å². The summed E-state index contributed by atoms with van der Waals surface area (Å²) < 4.78 is 37.1. The Morgan fingerprint density at radius 1 is 1.22 bits per heavy atom. The second-order valence-electron chi connectivity index (χ2n) is 6.07. The summed E-state index contributed by atoms with van der Waals surface area (Å²) in [7, 11) is -2.25. The van der Waals surface area contributed by atoms with E-state index < -0.39 is 16.0 Å². The molecule has 0 aromatic heterocycles. The number of carbonyl (C=O) groups is 1. The zero-order valence-corrected chi connectivity index (χ0v) is 13.9. The van der Waals surface area contributed by atoms with Crippen LogP contribution in [0.3, 0.4) is 0 Å². The highest BCUT2D eigenvalue weighted by atomic mass is 32.2. The number of ether oxygens (including phenoxy) is 2. The van der Waals surface area contributed by atoms with Gasteiger partial charge in [-0.2, -0.15) is 4.31 Å². The van der Waals surface area contributed by atoms with Crippen molar-refractivity contribution in [2.24, 2.45) is 5.92 Å². The lowest BCUT2D eigenvalue weighted by Gasteiger charge is -2.17. The Hall–Kier alpha value is -1.44. The molecule has 3 rings (SSSR count). The largest absolute Gasteiger partial charge is 0.465 e. The fourth-order valence-electron chi connectivity index (χ4n) is 2.64. The molecule has 23 heavy (non-hydrogen) atoms. The minimum absolute atomic E-state index is 0.0142. The highest BCUT2D eigenvalue weighted by molar-refractivity contribution is 7.89. The first-order chi connectivity index (χ1) is 11.0. The predicted octanol–water partition coefficient (Wildman–Crippen LogP) is 1.66. The van der Waals surface area contributed by atoms with E-state index in [1.54, 1.807) is 0 Å². The van der Waals surface area contributed by atoms with E-state index in [1.807, 2.05) is 0 Å². The van der Waals surface area contributed by atoms with Crippen molar-refractivity contribution < 1.29 is 22.7 Å². The Labute approximate surface area is 136 Å². The quantitative estimate of drug-likeness (QED) is 0.737. The van der Waals surface area contributed by atoms with E-state index in [0.717, 1.165) is 13.0 Å². The first kappa shape index (κ1) is 16.4. The van der Waals surface area contributed by atoms with Gasteiger partial charge in [-0.15, -0.1) is 0 Å². The Bertz CT molecular complexity index is 666. The molecule has 6 nitrogen and oxygen atoms in total. The number of sulfonamides is 1. The molecule has 0 amide bonds. The summed E-state index contributed by atoms with van der Waals surface area (Å²) in [4.78, 5) is 11.6. The van der Waals surface area contributed by atoms with Crippen LogP contribution in [0.2, 0.25) is 0 Å². The summed E-state index contributed by atoms with van der Waals surface area (Å²) in [6.07, 6.45) is 3.16. The number of esters is 1. The highest BCUT2D eigenvalue weighted by Crippen LogP contribution is 2.30. The summed E-state index contributed by atoms with van der Waals surface area (Å²) in [6, 6.07) is 5.83. The van der Waals surface area contributed by atoms with Crippen molar-refractivity contribution in [2.45, 2.75) is 30.3 Å². The molecule has 1 atom stereocenters. The molecule has 1 aromatic rings. The van der Waals surface area contributed by atoms with Crippen molar-refractivity contribution in [1.82, 2.24) is 4.31 Å². The van der Waals surface area contributed by atoms with Crippen molar-refractivity contribution in [3.8, 4) is 0 Å². The number of rotatable bonds is 6. The van der Waals surface area contributed by atoms with Gasteiger partial charge in [0, 0.05) is 19.7 Å². The fourth-order valence-corrected chi connectivity index (χ4v) is 4.13. The highest BCUT2D eigenvalue weighted by Gasteiger charge is 2.34. The third-order valence-electron chi connectivity index (χ3n) is 4.29. The molecule has 7 heteroatoms. The minimum atomic E-state index is -3.54. The average molecular weight is 339 g/mol. The van der Waals surface area contributed by atoms with Gasteiger partial charge in [0.15, 0.2) is 0 Å². The Morgan fingerprint density at radius 3 is 2.52 bits per heavy atom. The van der Waals surface area contributed by atoms with E-state index in [4.69, 9.17) is 4.74 Å². The number of carbonyl (C=O) groups excluding carboxylic acids is 1. The molecule has 0 N–H and O–H groups in total. The molecular formula is C16H21NO5S. The first-order valence-electron chi connectivity index (χ1n) is 7.81. The minimum Gasteiger partial charge on any atom is -0.465 e. The summed E-state index contributed by atoms with van der Waals surface area (Å²) in [6.45, 7) is 1.61. The van der Waals surface area contributed by atoms with Crippen LogP contribution in [-0.4, -0.2) is 51.6 Å². The smallest absolute Gasteiger partial charge is 0.337 e. The number of methoxy groups -OCH3 is 1. The maximum atomic E-state index is 12.6. The van der Waals surface area contributed by atoms with Gasteiger partial charge in [0.1, 0.15) is 0 Å². The van der Waals surface area contributed by atoms with Gasteiger partial charge in [-0.1, -0.05) is 0 Å². The van der Waals surface area contributed by atoms with E-state index in [9.17, 15) is 13.2 Å². The number of benzene rings is 1. The predicted molar refractivity (Wildman–Crippen MR) is 83.6 cm³/mol. The number of hydrogen-bond donors (Lipinski definition) is 0. The van der Waals surface area contributed by atoms with Crippen molar-refractivity contribution in [1.29, 1.82) is 0 Å². The SMILES string of the molecule is COC(=O)c1ccc(S(=O)(=O)N2CCC(OCC3CC3)C2)cc1. The van der Waals surface area contributed by atoms with Crippen molar-refractivity contribution in [2.75, 3.05) is 26.8 Å². The summed E-state index contributed by atoms with van der Waals surface area (Å²) in [5.41, 5.74) is 0.332. The van der Waals surface area contributed by atoms with Crippen LogP contribution in [0.4, 0.5) is 0 Å². The number of hydrogen-bond acceptors (Lipinski definition) is 5. The van der Waals surface area contributed by atoms with Crippen LogP contribution < -0.4 is 0 Å². The number of nitrogens with zero attached hydrogens (tertiary/aromatic N) is 1. The molecule has 1 aliphatic carbocycles. The van der Waals surface area contributed by atoms with Crippen LogP contribution in [-0.2, 0) is 19.5 Å². The van der Waals surface area contributed by atoms with E-state index >= 15 is 0 Å². The van der Waals surface area contributed by atoms with Gasteiger partial charge >= 0.3 is 5.97 Å². The van der Waals surface area contributed by atoms with E-state index in [1.165, 1.54) is 48.5 Å². The second kappa shape index (κ2) is 6.59. The first-order valence-corrected chi connectivity index (χ1v) is 9.25. The van der Waals surface area contributed by atoms with Crippen LogP contribution in [0.1, 0.15) is 29.6 Å². The summed E-state index contributed by atoms with van der Waals surface area (Å²) in [5, 5.41) is 0. The molecule has 1 heterocycles. The maximum Gasteiger partial charge on any atom is 0.337 e. The molecule has 126 valence electrons.